The monoisotopic (exact) mass is 288 g/mol. The molecule has 2 nitrogen and oxygen atoms in total. The van der Waals surface area contributed by atoms with Crippen LogP contribution in [0.5, 0.6) is 0 Å². The Kier molecular flexibility index (Phi) is 3.20. The Morgan fingerprint density at radius 2 is 1.70 bits per heavy atom. The lowest BCUT2D eigenvalue weighted by atomic mass is 10.1. The minimum Gasteiger partial charge on any atom is -0.399 e. The highest BCUT2D eigenvalue weighted by Gasteiger charge is 2.09. The molecule has 0 aliphatic heterocycles. The Labute approximate surface area is 118 Å². The first-order chi connectivity index (χ1) is 9.61. The number of anilines is 1. The number of rotatable bonds is 2. The van der Waals surface area contributed by atoms with Crippen LogP contribution in [0.1, 0.15) is 0 Å². The lowest BCUT2D eigenvalue weighted by Gasteiger charge is -1.99. The van der Waals surface area contributed by atoms with Crippen LogP contribution in [0.4, 0.5) is 14.5 Å². The second-order valence-corrected chi connectivity index (χ2v) is 5.18. The molecule has 1 aromatic heterocycles. The maximum Gasteiger partial charge on any atom is 0.126 e. The summed E-state index contributed by atoms with van der Waals surface area (Å²) in [5.41, 5.74) is 8.43. The zero-order chi connectivity index (χ0) is 14.1. The Balaban J connectivity index is 2.02. The second kappa shape index (κ2) is 5.02. The van der Waals surface area contributed by atoms with Gasteiger partial charge in [0.25, 0.3) is 0 Å². The van der Waals surface area contributed by atoms with Crippen molar-refractivity contribution in [2.24, 2.45) is 0 Å². The normalized spacial score (nSPS) is 10.7. The van der Waals surface area contributed by atoms with Crippen LogP contribution in [0.3, 0.4) is 0 Å². The summed E-state index contributed by atoms with van der Waals surface area (Å²) < 4.78 is 26.4. The van der Waals surface area contributed by atoms with Gasteiger partial charge in [0.05, 0.1) is 5.69 Å². The molecule has 5 heteroatoms. The summed E-state index contributed by atoms with van der Waals surface area (Å²) in [6, 6.07) is 10.7. The largest absolute Gasteiger partial charge is 0.399 e. The van der Waals surface area contributed by atoms with E-state index >= 15 is 0 Å². The van der Waals surface area contributed by atoms with Crippen LogP contribution in [-0.4, -0.2) is 4.98 Å². The predicted molar refractivity (Wildman–Crippen MR) is 77.3 cm³/mol. The van der Waals surface area contributed by atoms with Crippen LogP contribution in [0.15, 0.2) is 47.8 Å². The molecule has 3 aromatic rings. The van der Waals surface area contributed by atoms with Crippen molar-refractivity contribution in [3.63, 3.8) is 0 Å². The number of hydrogen-bond donors (Lipinski definition) is 1. The van der Waals surface area contributed by atoms with Gasteiger partial charge in [-0.15, -0.1) is 11.3 Å². The lowest BCUT2D eigenvalue weighted by Crippen LogP contribution is -1.86. The molecule has 0 unspecified atom stereocenters. The van der Waals surface area contributed by atoms with Gasteiger partial charge in [0, 0.05) is 28.3 Å². The quantitative estimate of drug-likeness (QED) is 0.712. The summed E-state index contributed by atoms with van der Waals surface area (Å²) >= 11 is 1.34. The van der Waals surface area contributed by atoms with Gasteiger partial charge in [-0.3, -0.25) is 0 Å². The molecule has 2 N–H and O–H groups in total. The molecule has 0 saturated carbocycles. The number of halogens is 2. The van der Waals surface area contributed by atoms with E-state index in [-0.39, 0.29) is 0 Å². The van der Waals surface area contributed by atoms with Gasteiger partial charge < -0.3 is 5.73 Å². The number of benzene rings is 2. The van der Waals surface area contributed by atoms with Gasteiger partial charge in [-0.05, 0) is 24.3 Å². The van der Waals surface area contributed by atoms with E-state index in [1.54, 1.807) is 6.07 Å². The Morgan fingerprint density at radius 1 is 0.950 bits per heavy atom. The molecular formula is C15H10F2N2S. The zero-order valence-electron chi connectivity index (χ0n) is 10.3. The van der Waals surface area contributed by atoms with Gasteiger partial charge >= 0.3 is 0 Å². The first-order valence-electron chi connectivity index (χ1n) is 5.90. The maximum atomic E-state index is 13.2. The number of nitrogens with two attached hydrogens (primary N) is 1. The lowest BCUT2D eigenvalue weighted by molar-refractivity contribution is 0.584. The second-order valence-electron chi connectivity index (χ2n) is 4.32. The average molecular weight is 288 g/mol. The zero-order valence-corrected chi connectivity index (χ0v) is 11.1. The fraction of sp³-hybridized carbons (Fsp3) is 0. The standard InChI is InChI=1S/C15H10F2N2S/c16-11-4-10(5-12(17)7-11)15-19-14(8-20-15)9-2-1-3-13(18)6-9/h1-8H,18H2. The minimum atomic E-state index is -0.610. The fourth-order valence-electron chi connectivity index (χ4n) is 1.91. The highest BCUT2D eigenvalue weighted by atomic mass is 32.1. The SMILES string of the molecule is Nc1cccc(-c2csc(-c3cc(F)cc(F)c3)n2)c1. The summed E-state index contributed by atoms with van der Waals surface area (Å²) in [6.45, 7) is 0. The molecule has 1 heterocycles. The first-order valence-corrected chi connectivity index (χ1v) is 6.78. The molecule has 3 rings (SSSR count). The molecule has 100 valence electrons. The van der Waals surface area contributed by atoms with Crippen molar-refractivity contribution in [2.45, 2.75) is 0 Å². The van der Waals surface area contributed by atoms with Crippen LogP contribution >= 0.6 is 11.3 Å². The first kappa shape index (κ1) is 12.7. The van der Waals surface area contributed by atoms with Gasteiger partial charge in [0.2, 0.25) is 0 Å². The summed E-state index contributed by atoms with van der Waals surface area (Å²) in [4.78, 5) is 4.40. The smallest absolute Gasteiger partial charge is 0.126 e. The molecule has 0 bridgehead atoms. The summed E-state index contributed by atoms with van der Waals surface area (Å²) in [7, 11) is 0. The molecule has 0 aliphatic carbocycles. The Morgan fingerprint density at radius 3 is 2.40 bits per heavy atom. The molecule has 20 heavy (non-hydrogen) atoms. The van der Waals surface area contributed by atoms with Crippen LogP contribution in [-0.2, 0) is 0 Å². The predicted octanol–water partition coefficient (Wildman–Crippen LogP) is 4.34. The highest BCUT2D eigenvalue weighted by Crippen LogP contribution is 2.30. The molecule has 0 aliphatic rings. The summed E-state index contributed by atoms with van der Waals surface area (Å²) in [5.74, 6) is -1.22. The van der Waals surface area contributed by atoms with E-state index in [4.69, 9.17) is 5.73 Å². The molecule has 0 fully saturated rings. The number of thiazole rings is 1. The molecule has 0 radical (unpaired) electrons. The van der Waals surface area contributed by atoms with Crippen LogP contribution < -0.4 is 5.73 Å². The third kappa shape index (κ3) is 2.53. The fourth-order valence-corrected chi connectivity index (χ4v) is 2.73. The van der Waals surface area contributed by atoms with Crippen LogP contribution in [0.25, 0.3) is 21.8 Å². The van der Waals surface area contributed by atoms with Crippen molar-refractivity contribution < 1.29 is 8.78 Å². The molecule has 0 saturated heterocycles. The third-order valence-electron chi connectivity index (χ3n) is 2.80. The van der Waals surface area contributed by atoms with E-state index in [1.807, 2.05) is 23.6 Å². The van der Waals surface area contributed by atoms with E-state index in [1.165, 1.54) is 23.5 Å². The van der Waals surface area contributed by atoms with E-state index < -0.39 is 11.6 Å². The Bertz CT molecular complexity index is 748. The number of aromatic nitrogens is 1. The molecule has 0 atom stereocenters. The van der Waals surface area contributed by atoms with Crippen molar-refractivity contribution in [2.75, 3.05) is 5.73 Å². The minimum absolute atomic E-state index is 0.433. The van der Waals surface area contributed by atoms with Crippen LogP contribution in [0, 0.1) is 11.6 Å². The average Bonchev–Trinajstić information content (AvgIpc) is 2.87. The van der Waals surface area contributed by atoms with E-state index in [0.29, 0.717) is 16.3 Å². The van der Waals surface area contributed by atoms with Crippen LogP contribution in [0.2, 0.25) is 0 Å². The van der Waals surface area contributed by atoms with Gasteiger partial charge in [-0.2, -0.15) is 0 Å². The number of hydrogen-bond acceptors (Lipinski definition) is 3. The molecule has 2 aromatic carbocycles. The van der Waals surface area contributed by atoms with Crippen molar-refractivity contribution in [1.29, 1.82) is 0 Å². The van der Waals surface area contributed by atoms with Gasteiger partial charge in [0.1, 0.15) is 16.6 Å². The van der Waals surface area contributed by atoms with E-state index in [2.05, 4.69) is 4.98 Å². The molecule has 0 spiro atoms. The molecule has 0 amide bonds. The van der Waals surface area contributed by atoms with Crippen molar-refractivity contribution >= 4 is 17.0 Å². The number of nitrogens with zero attached hydrogens (tertiary/aromatic N) is 1. The van der Waals surface area contributed by atoms with E-state index in [9.17, 15) is 8.78 Å². The van der Waals surface area contributed by atoms with Gasteiger partial charge in [0.15, 0.2) is 0 Å². The van der Waals surface area contributed by atoms with E-state index in [0.717, 1.165) is 17.3 Å². The van der Waals surface area contributed by atoms with Gasteiger partial charge in [-0.1, -0.05) is 12.1 Å². The van der Waals surface area contributed by atoms with Gasteiger partial charge in [-0.25, -0.2) is 13.8 Å². The summed E-state index contributed by atoms with van der Waals surface area (Å²) in [5, 5.41) is 2.41. The van der Waals surface area contributed by atoms with Crippen molar-refractivity contribution in [3.05, 3.63) is 59.5 Å². The van der Waals surface area contributed by atoms with Crippen molar-refractivity contribution in [1.82, 2.24) is 4.98 Å². The highest BCUT2D eigenvalue weighted by molar-refractivity contribution is 7.13. The molecular weight excluding hydrogens is 278 g/mol. The third-order valence-corrected chi connectivity index (χ3v) is 3.69. The summed E-state index contributed by atoms with van der Waals surface area (Å²) in [6.07, 6.45) is 0. The topological polar surface area (TPSA) is 38.9 Å². The van der Waals surface area contributed by atoms with Crippen molar-refractivity contribution in [3.8, 4) is 21.8 Å². The maximum absolute atomic E-state index is 13.2. The Hall–Kier alpha value is -2.27. The number of nitrogen functional groups attached to an aromatic ring is 1.